The number of hydrogen-bond donors (Lipinski definition) is 1. The number of nitrogens with one attached hydrogen (secondary N) is 1. The molecule has 0 bridgehead atoms. The highest BCUT2D eigenvalue weighted by atomic mass is 16.7. The summed E-state index contributed by atoms with van der Waals surface area (Å²) < 4.78 is 12.2. The van der Waals surface area contributed by atoms with Gasteiger partial charge in [-0.15, -0.1) is 0 Å². The summed E-state index contributed by atoms with van der Waals surface area (Å²) in [6.45, 7) is 1.08. The van der Waals surface area contributed by atoms with Crippen LogP contribution in [0.4, 0.5) is 5.69 Å². The van der Waals surface area contributed by atoms with Crippen LogP contribution in [0.15, 0.2) is 60.7 Å². The summed E-state index contributed by atoms with van der Waals surface area (Å²) in [7, 11) is 0. The van der Waals surface area contributed by atoms with Crippen LogP contribution in [0.1, 0.15) is 48.9 Å². The van der Waals surface area contributed by atoms with Crippen LogP contribution in [-0.2, 0) is 4.79 Å². The smallest absolute Gasteiger partial charge is 0.254 e. The standard InChI is InChI=1S/C28H28N2O4/c31-26(29-21-12-13-24-25(17-21)34-28(33-24)14-3-4-15-28)20-9-6-16-30(18-20)27(32)23-11-5-8-19-7-1-2-10-22(19)23/h1-2,5,7-8,10-13,17,20H,3-4,6,9,14-16,18H2,(H,29,31). The first-order valence-electron chi connectivity index (χ1n) is 12.2. The molecule has 1 saturated heterocycles. The molecule has 2 aliphatic heterocycles. The van der Waals surface area contributed by atoms with Crippen LogP contribution in [0.5, 0.6) is 11.5 Å². The molecular formula is C28H28N2O4. The van der Waals surface area contributed by atoms with Crippen molar-refractivity contribution in [3.05, 3.63) is 66.2 Å². The van der Waals surface area contributed by atoms with Crippen molar-refractivity contribution in [3.63, 3.8) is 0 Å². The van der Waals surface area contributed by atoms with Crippen LogP contribution >= 0.6 is 0 Å². The van der Waals surface area contributed by atoms with Gasteiger partial charge in [0.2, 0.25) is 5.91 Å². The molecular weight excluding hydrogens is 428 g/mol. The van der Waals surface area contributed by atoms with Gasteiger partial charge >= 0.3 is 0 Å². The number of likely N-dealkylation sites (tertiary alicyclic amines) is 1. The molecule has 1 aliphatic carbocycles. The van der Waals surface area contributed by atoms with Gasteiger partial charge in [0, 0.05) is 43.2 Å². The van der Waals surface area contributed by atoms with Gasteiger partial charge in [-0.25, -0.2) is 0 Å². The minimum Gasteiger partial charge on any atom is -0.448 e. The lowest BCUT2D eigenvalue weighted by Crippen LogP contribution is -2.43. The molecule has 6 rings (SSSR count). The predicted octanol–water partition coefficient (Wildman–Crippen LogP) is 5.37. The highest BCUT2D eigenvalue weighted by molar-refractivity contribution is 6.07. The molecule has 1 saturated carbocycles. The molecule has 0 radical (unpaired) electrons. The maximum atomic E-state index is 13.4. The van der Waals surface area contributed by atoms with E-state index in [-0.39, 0.29) is 17.7 Å². The van der Waals surface area contributed by atoms with E-state index in [1.54, 1.807) is 0 Å². The summed E-state index contributed by atoms with van der Waals surface area (Å²) in [5.41, 5.74) is 1.38. The van der Waals surface area contributed by atoms with Crippen LogP contribution in [0.3, 0.4) is 0 Å². The summed E-state index contributed by atoms with van der Waals surface area (Å²) in [5, 5.41) is 5.03. The Hall–Kier alpha value is -3.54. The number of carbonyl (C=O) groups is 2. The highest BCUT2D eigenvalue weighted by Gasteiger charge is 2.44. The first-order valence-corrected chi connectivity index (χ1v) is 12.2. The molecule has 2 amide bonds. The zero-order valence-electron chi connectivity index (χ0n) is 19.1. The molecule has 1 atom stereocenters. The van der Waals surface area contributed by atoms with Crippen molar-refractivity contribution in [2.45, 2.75) is 44.3 Å². The first kappa shape index (κ1) is 21.0. The number of nitrogens with zero attached hydrogens (tertiary/aromatic N) is 1. The second-order valence-corrected chi connectivity index (χ2v) is 9.59. The van der Waals surface area contributed by atoms with Crippen LogP contribution in [-0.4, -0.2) is 35.6 Å². The Morgan fingerprint density at radius 2 is 1.71 bits per heavy atom. The van der Waals surface area contributed by atoms with Gasteiger partial charge in [0.1, 0.15) is 0 Å². The topological polar surface area (TPSA) is 67.9 Å². The van der Waals surface area contributed by atoms with Gasteiger partial charge in [0.05, 0.1) is 5.92 Å². The molecule has 1 N–H and O–H groups in total. The minimum absolute atomic E-state index is 0.0146. The third kappa shape index (κ3) is 3.77. The van der Waals surface area contributed by atoms with E-state index in [1.807, 2.05) is 65.6 Å². The highest BCUT2D eigenvalue weighted by Crippen LogP contribution is 2.47. The molecule has 3 aliphatic rings. The zero-order valence-corrected chi connectivity index (χ0v) is 19.1. The van der Waals surface area contributed by atoms with Gasteiger partial charge < -0.3 is 19.7 Å². The maximum Gasteiger partial charge on any atom is 0.254 e. The van der Waals surface area contributed by atoms with Gasteiger partial charge in [-0.2, -0.15) is 0 Å². The number of benzene rings is 3. The molecule has 34 heavy (non-hydrogen) atoms. The van der Waals surface area contributed by atoms with E-state index in [4.69, 9.17) is 9.47 Å². The number of rotatable bonds is 3. The monoisotopic (exact) mass is 456 g/mol. The second kappa shape index (κ2) is 8.35. The fraction of sp³-hybridized carbons (Fsp3) is 0.357. The Morgan fingerprint density at radius 3 is 2.59 bits per heavy atom. The third-order valence-corrected chi connectivity index (χ3v) is 7.27. The molecule has 6 heteroatoms. The van der Waals surface area contributed by atoms with Crippen LogP contribution in [0.25, 0.3) is 10.8 Å². The molecule has 3 aromatic rings. The van der Waals surface area contributed by atoms with Gasteiger partial charge in [-0.05, 0) is 54.7 Å². The first-order chi connectivity index (χ1) is 16.6. The number of fused-ring (bicyclic) bond motifs is 2. The molecule has 1 unspecified atom stereocenters. The van der Waals surface area contributed by atoms with Gasteiger partial charge in [-0.3, -0.25) is 9.59 Å². The Balaban J connectivity index is 1.14. The molecule has 2 heterocycles. The molecule has 174 valence electrons. The number of amides is 2. The van der Waals surface area contributed by atoms with E-state index < -0.39 is 5.79 Å². The summed E-state index contributed by atoms with van der Waals surface area (Å²) in [4.78, 5) is 28.3. The van der Waals surface area contributed by atoms with Crippen LogP contribution in [0, 0.1) is 5.92 Å². The Bertz CT molecular complexity index is 1260. The van der Waals surface area contributed by atoms with E-state index in [9.17, 15) is 9.59 Å². The van der Waals surface area contributed by atoms with Crippen molar-refractivity contribution in [1.82, 2.24) is 4.90 Å². The summed E-state index contributed by atoms with van der Waals surface area (Å²) in [5.74, 6) is 0.584. The van der Waals surface area contributed by atoms with E-state index in [0.717, 1.165) is 55.0 Å². The lowest BCUT2D eigenvalue weighted by atomic mass is 9.95. The minimum atomic E-state index is -0.517. The van der Waals surface area contributed by atoms with Gasteiger partial charge in [0.15, 0.2) is 11.5 Å². The lowest BCUT2D eigenvalue weighted by molar-refractivity contribution is -0.121. The molecule has 6 nitrogen and oxygen atoms in total. The largest absolute Gasteiger partial charge is 0.448 e. The predicted molar refractivity (Wildman–Crippen MR) is 130 cm³/mol. The number of piperidine rings is 1. The zero-order chi connectivity index (χ0) is 23.1. The van der Waals surface area contributed by atoms with E-state index in [1.165, 1.54) is 0 Å². The number of ether oxygens (including phenoxy) is 2. The molecule has 2 fully saturated rings. The second-order valence-electron chi connectivity index (χ2n) is 9.59. The fourth-order valence-electron chi connectivity index (χ4n) is 5.49. The Morgan fingerprint density at radius 1 is 0.912 bits per heavy atom. The quantitative estimate of drug-likeness (QED) is 0.575. The van der Waals surface area contributed by atoms with Gasteiger partial charge in [0.25, 0.3) is 11.7 Å². The summed E-state index contributed by atoms with van der Waals surface area (Å²) in [6, 6.07) is 19.3. The number of carbonyl (C=O) groups excluding carboxylic acids is 2. The summed E-state index contributed by atoms with van der Waals surface area (Å²) in [6.07, 6.45) is 5.57. The van der Waals surface area contributed by atoms with Crippen LogP contribution < -0.4 is 14.8 Å². The summed E-state index contributed by atoms with van der Waals surface area (Å²) >= 11 is 0. The maximum absolute atomic E-state index is 13.4. The average molecular weight is 457 g/mol. The van der Waals surface area contributed by atoms with Crippen molar-refractivity contribution in [1.29, 1.82) is 0 Å². The number of anilines is 1. The molecule has 1 spiro atoms. The van der Waals surface area contributed by atoms with E-state index in [0.29, 0.717) is 30.1 Å². The third-order valence-electron chi connectivity index (χ3n) is 7.27. The molecule has 0 aromatic heterocycles. The van der Waals surface area contributed by atoms with Crippen LogP contribution in [0.2, 0.25) is 0 Å². The van der Waals surface area contributed by atoms with E-state index in [2.05, 4.69) is 5.32 Å². The van der Waals surface area contributed by atoms with E-state index >= 15 is 0 Å². The normalized spacial score (nSPS) is 20.6. The van der Waals surface area contributed by atoms with Gasteiger partial charge in [-0.1, -0.05) is 36.4 Å². The van der Waals surface area contributed by atoms with Crippen molar-refractivity contribution >= 4 is 28.3 Å². The fourth-order valence-corrected chi connectivity index (χ4v) is 5.49. The Kier molecular flexibility index (Phi) is 5.16. The van der Waals surface area contributed by atoms with Crippen molar-refractivity contribution in [2.24, 2.45) is 5.92 Å². The lowest BCUT2D eigenvalue weighted by Gasteiger charge is -2.32. The number of hydrogen-bond acceptors (Lipinski definition) is 4. The molecule has 3 aromatic carbocycles. The SMILES string of the molecule is O=C(Nc1ccc2c(c1)OC1(CCCC1)O2)C1CCCN(C(=O)c2cccc3ccccc23)C1. The van der Waals surface area contributed by atoms with Crippen molar-refractivity contribution in [2.75, 3.05) is 18.4 Å². The van der Waals surface area contributed by atoms with Crippen molar-refractivity contribution in [3.8, 4) is 11.5 Å². The average Bonchev–Trinajstić information content (AvgIpc) is 3.48. The Labute approximate surface area is 198 Å². The van der Waals surface area contributed by atoms with Crippen molar-refractivity contribution < 1.29 is 19.1 Å².